The van der Waals surface area contributed by atoms with Crippen molar-refractivity contribution in [3.8, 4) is 0 Å². The number of hydrogen-bond donors (Lipinski definition) is 2. The van der Waals surface area contributed by atoms with Crippen LogP contribution in [0.15, 0.2) is 12.1 Å². The molecule has 1 heterocycles. The predicted molar refractivity (Wildman–Crippen MR) is 58.0 cm³/mol. The summed E-state index contributed by atoms with van der Waals surface area (Å²) >= 11 is 1.32. The molecule has 0 spiro atoms. The van der Waals surface area contributed by atoms with Gasteiger partial charge in [0.25, 0.3) is 12.3 Å². The van der Waals surface area contributed by atoms with Crippen LogP contribution < -0.4 is 5.32 Å². The Morgan fingerprint density at radius 2 is 2.25 bits per heavy atom. The Morgan fingerprint density at radius 1 is 1.56 bits per heavy atom. The van der Waals surface area contributed by atoms with E-state index >= 15 is 0 Å². The number of alkyl halides is 2. The minimum Gasteiger partial charge on any atom is -0.385 e. The molecule has 3 nitrogen and oxygen atoms in total. The molecule has 2 N–H and O–H groups in total. The lowest BCUT2D eigenvalue weighted by molar-refractivity contribution is -0.00268. The monoisotopic (exact) mass is 249 g/mol. The van der Waals surface area contributed by atoms with Gasteiger partial charge in [-0.05, 0) is 18.6 Å². The van der Waals surface area contributed by atoms with E-state index in [4.69, 9.17) is 5.11 Å². The zero-order chi connectivity index (χ0) is 12.1. The molecule has 0 aliphatic heterocycles. The minimum absolute atomic E-state index is 0.426. The summed E-state index contributed by atoms with van der Waals surface area (Å²) in [5, 5.41) is 11.1. The third kappa shape index (κ3) is 3.53. The predicted octanol–water partition coefficient (Wildman–Crippen LogP) is 1.67. The molecule has 1 rings (SSSR count). The SMILES string of the molecule is CCc1ccc(C(=O)NCC(O)C(F)F)s1. The number of carbonyl (C=O) groups excluding carboxylic acids is 1. The quantitative estimate of drug-likeness (QED) is 0.834. The molecule has 0 saturated heterocycles. The molecular weight excluding hydrogens is 236 g/mol. The third-order valence-electron chi connectivity index (χ3n) is 2.00. The number of carbonyl (C=O) groups is 1. The van der Waals surface area contributed by atoms with Crippen LogP contribution in [-0.4, -0.2) is 30.1 Å². The number of aliphatic hydroxyl groups excluding tert-OH is 1. The second kappa shape index (κ2) is 5.91. The van der Waals surface area contributed by atoms with Gasteiger partial charge < -0.3 is 10.4 Å². The van der Waals surface area contributed by atoms with E-state index in [1.807, 2.05) is 13.0 Å². The lowest BCUT2D eigenvalue weighted by atomic mass is 10.3. The first-order chi connectivity index (χ1) is 7.54. The molecule has 0 saturated carbocycles. The number of amides is 1. The molecular formula is C10H13F2NO2S. The Bertz CT molecular complexity index is 354. The molecule has 0 radical (unpaired) electrons. The van der Waals surface area contributed by atoms with Crippen LogP contribution in [0.5, 0.6) is 0 Å². The maximum Gasteiger partial charge on any atom is 0.265 e. The normalized spacial score (nSPS) is 12.8. The van der Waals surface area contributed by atoms with E-state index in [0.717, 1.165) is 11.3 Å². The van der Waals surface area contributed by atoms with Gasteiger partial charge in [-0.25, -0.2) is 8.78 Å². The van der Waals surface area contributed by atoms with Crippen LogP contribution in [0.4, 0.5) is 8.78 Å². The van der Waals surface area contributed by atoms with Gasteiger partial charge in [0.2, 0.25) is 0 Å². The number of rotatable bonds is 5. The van der Waals surface area contributed by atoms with Gasteiger partial charge in [-0.2, -0.15) is 0 Å². The number of halogens is 2. The molecule has 0 fully saturated rings. The van der Waals surface area contributed by atoms with Gasteiger partial charge in [-0.3, -0.25) is 4.79 Å². The van der Waals surface area contributed by atoms with Crippen LogP contribution in [0.3, 0.4) is 0 Å². The summed E-state index contributed by atoms with van der Waals surface area (Å²) in [6.07, 6.45) is -3.82. The van der Waals surface area contributed by atoms with Gasteiger partial charge in [0.1, 0.15) is 6.10 Å². The Labute approximate surface area is 96.1 Å². The molecule has 0 aliphatic carbocycles. The molecule has 90 valence electrons. The average molecular weight is 249 g/mol. The molecule has 1 unspecified atom stereocenters. The van der Waals surface area contributed by atoms with E-state index in [1.165, 1.54) is 11.3 Å². The van der Waals surface area contributed by atoms with Crippen LogP contribution in [0.2, 0.25) is 0 Å². The lowest BCUT2D eigenvalue weighted by Gasteiger charge is -2.09. The Kier molecular flexibility index (Phi) is 4.82. The van der Waals surface area contributed by atoms with Crippen molar-refractivity contribution < 1.29 is 18.7 Å². The Balaban J connectivity index is 2.46. The summed E-state index contributed by atoms with van der Waals surface area (Å²) in [6.45, 7) is 1.53. The summed E-state index contributed by atoms with van der Waals surface area (Å²) in [6, 6.07) is 3.47. The lowest BCUT2D eigenvalue weighted by Crippen LogP contribution is -2.35. The Morgan fingerprint density at radius 3 is 2.75 bits per heavy atom. The number of thiophene rings is 1. The fourth-order valence-corrected chi connectivity index (χ4v) is 1.93. The fourth-order valence-electron chi connectivity index (χ4n) is 1.06. The maximum atomic E-state index is 11.9. The van der Waals surface area contributed by atoms with Crippen molar-refractivity contribution in [1.82, 2.24) is 5.32 Å². The highest BCUT2D eigenvalue weighted by molar-refractivity contribution is 7.14. The standard InChI is InChI=1S/C10H13F2NO2S/c1-2-6-3-4-8(16-6)10(15)13-5-7(14)9(11)12/h3-4,7,9,14H,2,5H2,1H3,(H,13,15). The van der Waals surface area contributed by atoms with Crippen LogP contribution in [0, 0.1) is 0 Å². The second-order valence-corrected chi connectivity index (χ2v) is 4.40. The average Bonchev–Trinajstić information content (AvgIpc) is 2.73. The molecule has 6 heteroatoms. The second-order valence-electron chi connectivity index (χ2n) is 3.23. The van der Waals surface area contributed by atoms with Crippen LogP contribution >= 0.6 is 11.3 Å². The molecule has 16 heavy (non-hydrogen) atoms. The van der Waals surface area contributed by atoms with Crippen LogP contribution in [0.1, 0.15) is 21.5 Å². The van der Waals surface area contributed by atoms with Crippen molar-refractivity contribution >= 4 is 17.2 Å². The molecule has 1 aromatic heterocycles. The molecule has 0 bridgehead atoms. The van der Waals surface area contributed by atoms with E-state index in [1.54, 1.807) is 6.07 Å². The van der Waals surface area contributed by atoms with E-state index in [2.05, 4.69) is 5.32 Å². The molecule has 0 aromatic carbocycles. The number of aryl methyl sites for hydroxylation is 1. The highest BCUT2D eigenvalue weighted by Gasteiger charge is 2.18. The largest absolute Gasteiger partial charge is 0.385 e. The Hall–Kier alpha value is -1.01. The van der Waals surface area contributed by atoms with Crippen molar-refractivity contribution in [3.63, 3.8) is 0 Å². The third-order valence-corrected chi connectivity index (χ3v) is 3.22. The van der Waals surface area contributed by atoms with Gasteiger partial charge in [0.05, 0.1) is 4.88 Å². The number of aliphatic hydroxyl groups is 1. The zero-order valence-corrected chi connectivity index (χ0v) is 9.56. The summed E-state index contributed by atoms with van der Waals surface area (Å²) in [5.74, 6) is -0.426. The zero-order valence-electron chi connectivity index (χ0n) is 8.74. The van der Waals surface area contributed by atoms with Crippen molar-refractivity contribution in [3.05, 3.63) is 21.9 Å². The first-order valence-electron chi connectivity index (χ1n) is 4.87. The van der Waals surface area contributed by atoms with E-state index < -0.39 is 25.0 Å². The molecule has 1 amide bonds. The summed E-state index contributed by atoms with van der Waals surface area (Å²) in [5.41, 5.74) is 0. The molecule has 1 aromatic rings. The van der Waals surface area contributed by atoms with Gasteiger partial charge in [-0.1, -0.05) is 6.92 Å². The first-order valence-corrected chi connectivity index (χ1v) is 5.69. The van der Waals surface area contributed by atoms with Gasteiger partial charge in [-0.15, -0.1) is 11.3 Å². The minimum atomic E-state index is -2.84. The van der Waals surface area contributed by atoms with Crippen LogP contribution in [0.25, 0.3) is 0 Å². The molecule has 0 aliphatic rings. The van der Waals surface area contributed by atoms with Gasteiger partial charge >= 0.3 is 0 Å². The highest BCUT2D eigenvalue weighted by atomic mass is 32.1. The number of nitrogens with one attached hydrogen (secondary N) is 1. The van der Waals surface area contributed by atoms with Gasteiger partial charge in [0, 0.05) is 11.4 Å². The smallest absolute Gasteiger partial charge is 0.265 e. The fraction of sp³-hybridized carbons (Fsp3) is 0.500. The van der Waals surface area contributed by atoms with E-state index in [9.17, 15) is 13.6 Å². The van der Waals surface area contributed by atoms with Crippen molar-refractivity contribution in [2.75, 3.05) is 6.54 Å². The van der Waals surface area contributed by atoms with Crippen molar-refractivity contribution in [2.45, 2.75) is 25.9 Å². The molecule has 1 atom stereocenters. The van der Waals surface area contributed by atoms with Crippen molar-refractivity contribution in [2.24, 2.45) is 0 Å². The van der Waals surface area contributed by atoms with Gasteiger partial charge in [0.15, 0.2) is 0 Å². The number of hydrogen-bond acceptors (Lipinski definition) is 3. The summed E-state index contributed by atoms with van der Waals surface area (Å²) in [7, 11) is 0. The maximum absolute atomic E-state index is 11.9. The topological polar surface area (TPSA) is 49.3 Å². The highest BCUT2D eigenvalue weighted by Crippen LogP contribution is 2.16. The van der Waals surface area contributed by atoms with E-state index in [0.29, 0.717) is 4.88 Å². The summed E-state index contributed by atoms with van der Waals surface area (Å²) in [4.78, 5) is 13.0. The van der Waals surface area contributed by atoms with Crippen molar-refractivity contribution in [1.29, 1.82) is 0 Å². The first kappa shape index (κ1) is 13.1. The van der Waals surface area contributed by atoms with Crippen LogP contribution in [-0.2, 0) is 6.42 Å². The van der Waals surface area contributed by atoms with E-state index in [-0.39, 0.29) is 0 Å². The summed E-state index contributed by atoms with van der Waals surface area (Å²) < 4.78 is 23.9.